The Hall–Kier alpha value is -3.85. The summed E-state index contributed by atoms with van der Waals surface area (Å²) in [6, 6.07) is 20.4. The number of hydrogen-bond acceptors (Lipinski definition) is 5. The molecule has 0 aliphatic heterocycles. The standard InChI is InChI=1S/C21H19N3O5S/c22-21(26)15-6-8-16(9-7-15)23-20(25)14-29-18-10-12-19(13-11-18)30(27,28)24-17-4-2-1-3-5-17/h1-13,24H,14H2,(H2,22,26)(H,23,25). The zero-order valence-electron chi connectivity index (χ0n) is 15.7. The van der Waals surface area contributed by atoms with Gasteiger partial charge < -0.3 is 15.8 Å². The fraction of sp³-hybridized carbons (Fsp3) is 0.0476. The number of amides is 2. The van der Waals surface area contributed by atoms with Gasteiger partial charge in [0.1, 0.15) is 5.75 Å². The van der Waals surface area contributed by atoms with E-state index in [9.17, 15) is 18.0 Å². The van der Waals surface area contributed by atoms with Crippen molar-refractivity contribution in [3.05, 3.63) is 84.4 Å². The van der Waals surface area contributed by atoms with Crippen LogP contribution in [0.4, 0.5) is 11.4 Å². The Morgan fingerprint density at radius 3 is 2.07 bits per heavy atom. The average molecular weight is 425 g/mol. The number of primary amides is 1. The molecule has 0 spiro atoms. The minimum absolute atomic E-state index is 0.0673. The minimum atomic E-state index is -3.73. The van der Waals surface area contributed by atoms with Crippen molar-refractivity contribution >= 4 is 33.2 Å². The number of anilines is 2. The molecule has 9 heteroatoms. The quantitative estimate of drug-likeness (QED) is 0.511. The van der Waals surface area contributed by atoms with Crippen LogP contribution in [0.3, 0.4) is 0 Å². The van der Waals surface area contributed by atoms with Gasteiger partial charge in [0.25, 0.3) is 15.9 Å². The molecular formula is C21H19N3O5S. The van der Waals surface area contributed by atoms with Crippen molar-refractivity contribution in [1.29, 1.82) is 0 Å². The lowest BCUT2D eigenvalue weighted by Crippen LogP contribution is -2.20. The largest absolute Gasteiger partial charge is 0.484 e. The summed E-state index contributed by atoms with van der Waals surface area (Å²) < 4.78 is 32.7. The van der Waals surface area contributed by atoms with E-state index in [1.807, 2.05) is 0 Å². The number of rotatable bonds is 8. The van der Waals surface area contributed by atoms with E-state index in [4.69, 9.17) is 10.5 Å². The van der Waals surface area contributed by atoms with Crippen LogP contribution in [-0.2, 0) is 14.8 Å². The molecule has 0 atom stereocenters. The minimum Gasteiger partial charge on any atom is -0.484 e. The van der Waals surface area contributed by atoms with Gasteiger partial charge in [-0.2, -0.15) is 0 Å². The Labute approximate surface area is 173 Å². The summed E-state index contributed by atoms with van der Waals surface area (Å²) in [4.78, 5) is 23.1. The summed E-state index contributed by atoms with van der Waals surface area (Å²) >= 11 is 0. The van der Waals surface area contributed by atoms with E-state index in [-0.39, 0.29) is 11.5 Å². The molecule has 154 valence electrons. The Bertz CT molecular complexity index is 1130. The van der Waals surface area contributed by atoms with Crippen molar-refractivity contribution < 1.29 is 22.7 Å². The molecule has 3 aromatic rings. The number of carbonyl (C=O) groups is 2. The number of carbonyl (C=O) groups excluding carboxylic acids is 2. The molecule has 0 fully saturated rings. The maximum Gasteiger partial charge on any atom is 0.262 e. The van der Waals surface area contributed by atoms with E-state index in [1.54, 1.807) is 42.5 Å². The number of sulfonamides is 1. The van der Waals surface area contributed by atoms with Gasteiger partial charge in [-0.15, -0.1) is 0 Å². The second-order valence-electron chi connectivity index (χ2n) is 6.22. The van der Waals surface area contributed by atoms with Crippen molar-refractivity contribution in [2.45, 2.75) is 4.90 Å². The molecule has 3 rings (SSSR count). The maximum absolute atomic E-state index is 12.4. The molecule has 0 unspecified atom stereocenters. The first-order chi connectivity index (χ1) is 14.3. The van der Waals surface area contributed by atoms with Crippen LogP contribution in [0.1, 0.15) is 10.4 Å². The van der Waals surface area contributed by atoms with Gasteiger partial charge >= 0.3 is 0 Å². The van der Waals surface area contributed by atoms with Crippen LogP contribution in [0.15, 0.2) is 83.8 Å². The molecule has 8 nitrogen and oxygen atoms in total. The van der Waals surface area contributed by atoms with Gasteiger partial charge in [-0.05, 0) is 60.7 Å². The van der Waals surface area contributed by atoms with Crippen LogP contribution in [0, 0.1) is 0 Å². The summed E-state index contributed by atoms with van der Waals surface area (Å²) in [7, 11) is -3.73. The number of nitrogens with one attached hydrogen (secondary N) is 2. The third-order valence-electron chi connectivity index (χ3n) is 3.98. The van der Waals surface area contributed by atoms with Gasteiger partial charge in [-0.3, -0.25) is 14.3 Å². The van der Waals surface area contributed by atoms with Crippen molar-refractivity contribution in [3.8, 4) is 5.75 Å². The molecule has 30 heavy (non-hydrogen) atoms. The molecule has 0 bridgehead atoms. The van der Waals surface area contributed by atoms with E-state index in [0.29, 0.717) is 22.7 Å². The van der Waals surface area contributed by atoms with Gasteiger partial charge in [0.05, 0.1) is 4.90 Å². The van der Waals surface area contributed by atoms with Gasteiger partial charge in [0, 0.05) is 16.9 Å². The van der Waals surface area contributed by atoms with E-state index < -0.39 is 21.8 Å². The summed E-state index contributed by atoms with van der Waals surface area (Å²) in [5, 5.41) is 2.62. The van der Waals surface area contributed by atoms with Crippen LogP contribution in [-0.4, -0.2) is 26.8 Å². The second kappa shape index (κ2) is 9.10. The monoisotopic (exact) mass is 425 g/mol. The molecule has 3 aromatic carbocycles. The van der Waals surface area contributed by atoms with Crippen molar-refractivity contribution in [2.24, 2.45) is 5.73 Å². The number of ether oxygens (including phenoxy) is 1. The Balaban J connectivity index is 1.55. The topological polar surface area (TPSA) is 128 Å². The van der Waals surface area contributed by atoms with Crippen molar-refractivity contribution in [3.63, 3.8) is 0 Å². The molecule has 0 saturated heterocycles. The zero-order chi connectivity index (χ0) is 21.6. The third-order valence-corrected chi connectivity index (χ3v) is 5.38. The molecular weight excluding hydrogens is 406 g/mol. The SMILES string of the molecule is NC(=O)c1ccc(NC(=O)COc2ccc(S(=O)(=O)Nc3ccccc3)cc2)cc1. The van der Waals surface area contributed by atoms with E-state index >= 15 is 0 Å². The Morgan fingerprint density at radius 2 is 1.47 bits per heavy atom. The van der Waals surface area contributed by atoms with Gasteiger partial charge in [0.15, 0.2) is 6.61 Å². The smallest absolute Gasteiger partial charge is 0.262 e. The summed E-state index contributed by atoms with van der Waals surface area (Å²) in [6.45, 7) is -0.272. The highest BCUT2D eigenvalue weighted by Gasteiger charge is 2.14. The van der Waals surface area contributed by atoms with Crippen molar-refractivity contribution in [2.75, 3.05) is 16.6 Å². The van der Waals surface area contributed by atoms with Gasteiger partial charge in [0.2, 0.25) is 5.91 Å². The van der Waals surface area contributed by atoms with Gasteiger partial charge in [-0.25, -0.2) is 8.42 Å². The number of nitrogens with two attached hydrogens (primary N) is 1. The molecule has 0 heterocycles. The molecule has 4 N–H and O–H groups in total. The molecule has 0 aromatic heterocycles. The normalized spacial score (nSPS) is 10.8. The molecule has 2 amide bonds. The maximum atomic E-state index is 12.4. The number of hydrogen-bond donors (Lipinski definition) is 3. The summed E-state index contributed by atoms with van der Waals surface area (Å²) in [6.07, 6.45) is 0. The van der Waals surface area contributed by atoms with Crippen LogP contribution < -0.4 is 20.5 Å². The predicted octanol–water partition coefficient (Wildman–Crippen LogP) is 2.60. The number of para-hydroxylation sites is 1. The lowest BCUT2D eigenvalue weighted by Gasteiger charge is -2.10. The highest BCUT2D eigenvalue weighted by atomic mass is 32.2. The first-order valence-electron chi connectivity index (χ1n) is 8.84. The van der Waals surface area contributed by atoms with E-state index in [1.165, 1.54) is 36.4 Å². The zero-order valence-corrected chi connectivity index (χ0v) is 16.6. The third kappa shape index (κ3) is 5.58. The fourth-order valence-electron chi connectivity index (χ4n) is 2.50. The number of benzene rings is 3. The Morgan fingerprint density at radius 1 is 0.833 bits per heavy atom. The highest BCUT2D eigenvalue weighted by Crippen LogP contribution is 2.19. The highest BCUT2D eigenvalue weighted by molar-refractivity contribution is 7.92. The van der Waals surface area contributed by atoms with Gasteiger partial charge in [-0.1, -0.05) is 18.2 Å². The first kappa shape index (κ1) is 20.9. The molecule has 0 saturated carbocycles. The summed E-state index contributed by atoms with van der Waals surface area (Å²) in [5.41, 5.74) is 6.44. The molecule has 0 radical (unpaired) electrons. The molecule has 0 aliphatic rings. The Kier molecular flexibility index (Phi) is 6.33. The fourth-order valence-corrected chi connectivity index (χ4v) is 3.56. The lowest BCUT2D eigenvalue weighted by molar-refractivity contribution is -0.118. The van der Waals surface area contributed by atoms with Crippen LogP contribution in [0.2, 0.25) is 0 Å². The molecule has 0 aliphatic carbocycles. The lowest BCUT2D eigenvalue weighted by atomic mass is 10.2. The average Bonchev–Trinajstić information content (AvgIpc) is 2.73. The van der Waals surface area contributed by atoms with E-state index in [2.05, 4.69) is 10.0 Å². The van der Waals surface area contributed by atoms with E-state index in [0.717, 1.165) is 0 Å². The first-order valence-corrected chi connectivity index (χ1v) is 10.3. The van der Waals surface area contributed by atoms with Crippen molar-refractivity contribution in [1.82, 2.24) is 0 Å². The van der Waals surface area contributed by atoms with Crippen LogP contribution in [0.25, 0.3) is 0 Å². The predicted molar refractivity (Wildman–Crippen MR) is 113 cm³/mol. The second-order valence-corrected chi connectivity index (χ2v) is 7.90. The van der Waals surface area contributed by atoms with Crippen LogP contribution >= 0.6 is 0 Å². The summed E-state index contributed by atoms with van der Waals surface area (Å²) in [5.74, 6) is -0.627. The van der Waals surface area contributed by atoms with Crippen LogP contribution in [0.5, 0.6) is 5.75 Å².